The van der Waals surface area contributed by atoms with Gasteiger partial charge in [0.05, 0.1) is 12.7 Å². The number of rotatable bonds is 10. The second-order valence-electron chi connectivity index (χ2n) is 8.84. The van der Waals surface area contributed by atoms with Crippen LogP contribution in [0.1, 0.15) is 29.4 Å². The molecule has 9 heteroatoms. The van der Waals surface area contributed by atoms with Gasteiger partial charge in [-0.1, -0.05) is 18.2 Å². The van der Waals surface area contributed by atoms with Gasteiger partial charge < -0.3 is 24.4 Å². The Morgan fingerprint density at radius 1 is 1.17 bits per heavy atom. The molecular formula is C26H32N4O5. The van der Waals surface area contributed by atoms with Crippen LogP contribution in [0.2, 0.25) is 0 Å². The van der Waals surface area contributed by atoms with Crippen molar-refractivity contribution in [2.24, 2.45) is 0 Å². The molecule has 0 saturated carbocycles. The number of aromatic nitrogens is 2. The molecule has 0 spiro atoms. The Kier molecular flexibility index (Phi) is 7.80. The van der Waals surface area contributed by atoms with Gasteiger partial charge in [0.1, 0.15) is 18.1 Å². The highest BCUT2D eigenvalue weighted by atomic mass is 16.6. The fourth-order valence-electron chi connectivity index (χ4n) is 4.30. The third-order valence-electron chi connectivity index (χ3n) is 6.27. The number of ether oxygens (including phenoxy) is 3. The maximum atomic E-state index is 12.7. The van der Waals surface area contributed by atoms with Gasteiger partial charge in [-0.2, -0.15) is 4.98 Å². The molecule has 3 aromatic rings. The van der Waals surface area contributed by atoms with E-state index in [0.29, 0.717) is 31.0 Å². The minimum absolute atomic E-state index is 0.0265. The van der Waals surface area contributed by atoms with E-state index in [2.05, 4.69) is 16.4 Å². The zero-order valence-electron chi connectivity index (χ0n) is 20.6. The predicted octanol–water partition coefficient (Wildman–Crippen LogP) is 3.10. The molecule has 0 aliphatic carbocycles. The molecule has 2 heterocycles. The summed E-state index contributed by atoms with van der Waals surface area (Å²) in [5, 5.41) is 5.19. The fraction of sp³-hybridized carbons (Fsp3) is 0.423. The maximum absolute atomic E-state index is 12.7. The van der Waals surface area contributed by atoms with Crippen molar-refractivity contribution in [2.75, 3.05) is 51.7 Å². The predicted molar refractivity (Wildman–Crippen MR) is 135 cm³/mol. The third-order valence-corrected chi connectivity index (χ3v) is 6.27. The second-order valence-corrected chi connectivity index (χ2v) is 8.84. The molecule has 0 unspecified atom stereocenters. The number of benzene rings is 2. The van der Waals surface area contributed by atoms with Gasteiger partial charge in [-0.3, -0.25) is 9.36 Å². The first kappa shape index (κ1) is 24.8. The smallest absolute Gasteiger partial charge is 0.351 e. The monoisotopic (exact) mass is 480 g/mol. The van der Waals surface area contributed by atoms with Crippen LogP contribution < -0.4 is 15.9 Å². The van der Waals surface area contributed by atoms with Gasteiger partial charge in [0.2, 0.25) is 0 Å². The molecule has 0 radical (unpaired) electrons. The van der Waals surface area contributed by atoms with E-state index < -0.39 is 11.9 Å². The van der Waals surface area contributed by atoms with Crippen molar-refractivity contribution in [1.82, 2.24) is 9.55 Å². The van der Waals surface area contributed by atoms with Crippen molar-refractivity contribution in [3.63, 3.8) is 0 Å². The summed E-state index contributed by atoms with van der Waals surface area (Å²) in [7, 11) is 7.22. The zero-order chi connectivity index (χ0) is 24.9. The average Bonchev–Trinajstić information content (AvgIpc) is 3.26. The van der Waals surface area contributed by atoms with Gasteiger partial charge in [-0.05, 0) is 35.0 Å². The summed E-state index contributed by atoms with van der Waals surface area (Å²) in [4.78, 5) is 31.5. The van der Waals surface area contributed by atoms with Crippen molar-refractivity contribution in [3.05, 3.63) is 64.7 Å². The number of anilines is 2. The van der Waals surface area contributed by atoms with Crippen LogP contribution in [0.15, 0.2) is 53.5 Å². The Bertz CT molecular complexity index is 1240. The van der Waals surface area contributed by atoms with E-state index in [-0.39, 0.29) is 24.4 Å². The highest BCUT2D eigenvalue weighted by molar-refractivity contribution is 6.00. The summed E-state index contributed by atoms with van der Waals surface area (Å²) < 4.78 is 18.0. The van der Waals surface area contributed by atoms with E-state index in [0.717, 1.165) is 16.5 Å². The number of hydrogen-bond acceptors (Lipinski definition) is 8. The van der Waals surface area contributed by atoms with Crippen LogP contribution in [0.25, 0.3) is 10.8 Å². The molecule has 3 atom stereocenters. The molecule has 0 bridgehead atoms. The summed E-state index contributed by atoms with van der Waals surface area (Å²) in [6.07, 6.45) is 1.62. The Balaban J connectivity index is 1.34. The summed E-state index contributed by atoms with van der Waals surface area (Å²) in [6, 6.07) is 13.6. The minimum atomic E-state index is -0.461. The normalized spacial score (nSPS) is 19.7. The van der Waals surface area contributed by atoms with E-state index >= 15 is 0 Å². The molecule has 1 aromatic heterocycles. The first-order valence-electron chi connectivity index (χ1n) is 11.6. The van der Waals surface area contributed by atoms with Gasteiger partial charge in [0.15, 0.2) is 5.78 Å². The molecule has 4 rings (SSSR count). The molecule has 9 nitrogen and oxygen atoms in total. The maximum Gasteiger partial charge on any atom is 0.351 e. The van der Waals surface area contributed by atoms with Gasteiger partial charge in [0, 0.05) is 65.1 Å². The molecule has 2 aromatic carbocycles. The average molecular weight is 481 g/mol. The number of ketones is 1. The first-order chi connectivity index (χ1) is 16.9. The number of methoxy groups -OCH3 is 2. The van der Waals surface area contributed by atoms with Crippen molar-refractivity contribution < 1.29 is 19.0 Å². The van der Waals surface area contributed by atoms with Crippen LogP contribution in [0.3, 0.4) is 0 Å². The zero-order valence-corrected chi connectivity index (χ0v) is 20.6. The fourth-order valence-corrected chi connectivity index (χ4v) is 4.30. The third kappa shape index (κ3) is 5.70. The molecule has 1 aliphatic heterocycles. The second kappa shape index (κ2) is 11.0. The Morgan fingerprint density at radius 2 is 1.94 bits per heavy atom. The standard InChI is InChI=1S/C26H32N4O5/c1-29(2)20-8-7-17-13-19(6-5-18(17)14-20)21(31)9-11-27-24-10-12-30(26(32)28-24)25-15-22(34-4)23(35-25)16-33-3/h5-8,10,12-14,22-23,25H,9,11,15-16H2,1-4H3,(H,27,28,32)/t22-,23+,25+/m0/s1. The van der Waals surface area contributed by atoms with E-state index in [9.17, 15) is 9.59 Å². The Morgan fingerprint density at radius 3 is 2.66 bits per heavy atom. The Hall–Kier alpha value is -3.27. The lowest BCUT2D eigenvalue weighted by Crippen LogP contribution is -2.28. The van der Waals surface area contributed by atoms with Crippen molar-refractivity contribution in [1.29, 1.82) is 0 Å². The highest BCUT2D eigenvalue weighted by Gasteiger charge is 2.36. The van der Waals surface area contributed by atoms with Crippen LogP contribution >= 0.6 is 0 Å². The lowest BCUT2D eigenvalue weighted by molar-refractivity contribution is -0.0617. The van der Waals surface area contributed by atoms with Crippen LogP contribution in [0.4, 0.5) is 11.5 Å². The van der Waals surface area contributed by atoms with Crippen molar-refractivity contribution in [2.45, 2.75) is 31.3 Å². The number of carbonyl (C=O) groups excluding carboxylic acids is 1. The molecule has 35 heavy (non-hydrogen) atoms. The van der Waals surface area contributed by atoms with Gasteiger partial charge in [0.25, 0.3) is 0 Å². The van der Waals surface area contributed by atoms with Gasteiger partial charge >= 0.3 is 5.69 Å². The highest BCUT2D eigenvalue weighted by Crippen LogP contribution is 2.29. The summed E-state index contributed by atoms with van der Waals surface area (Å²) in [5.41, 5.74) is 1.35. The number of nitrogens with zero attached hydrogens (tertiary/aromatic N) is 3. The van der Waals surface area contributed by atoms with Gasteiger partial charge in [-0.15, -0.1) is 0 Å². The number of Topliss-reactive ketones (excluding diaryl/α,β-unsaturated/α-hetero) is 1. The van der Waals surface area contributed by atoms with Crippen LogP contribution in [0, 0.1) is 0 Å². The van der Waals surface area contributed by atoms with Crippen molar-refractivity contribution in [3.8, 4) is 0 Å². The lowest BCUT2D eigenvalue weighted by Gasteiger charge is -2.16. The molecule has 1 fully saturated rings. The minimum Gasteiger partial charge on any atom is -0.382 e. The summed E-state index contributed by atoms with van der Waals surface area (Å²) in [5.74, 6) is 0.446. The van der Waals surface area contributed by atoms with E-state index in [1.165, 1.54) is 4.57 Å². The molecular weight excluding hydrogens is 448 g/mol. The quantitative estimate of drug-likeness (QED) is 0.443. The summed E-state index contributed by atoms with van der Waals surface area (Å²) >= 11 is 0. The van der Waals surface area contributed by atoms with E-state index in [4.69, 9.17) is 14.2 Å². The van der Waals surface area contributed by atoms with Crippen LogP contribution in [-0.4, -0.2) is 69.0 Å². The Labute approximate surface area is 204 Å². The number of hydrogen-bond donors (Lipinski definition) is 1. The number of nitrogens with one attached hydrogen (secondary N) is 1. The molecule has 1 N–H and O–H groups in total. The molecule has 186 valence electrons. The molecule has 0 amide bonds. The van der Waals surface area contributed by atoms with E-state index in [1.807, 2.05) is 49.3 Å². The van der Waals surface area contributed by atoms with E-state index in [1.54, 1.807) is 26.5 Å². The number of carbonyl (C=O) groups is 1. The van der Waals surface area contributed by atoms with Crippen molar-refractivity contribution >= 4 is 28.1 Å². The molecule has 1 aliphatic rings. The molecule has 1 saturated heterocycles. The number of fused-ring (bicyclic) bond motifs is 1. The van der Waals surface area contributed by atoms with Crippen LogP contribution in [-0.2, 0) is 14.2 Å². The first-order valence-corrected chi connectivity index (χ1v) is 11.6. The topological polar surface area (TPSA) is 94.9 Å². The lowest BCUT2D eigenvalue weighted by atomic mass is 10.0. The van der Waals surface area contributed by atoms with Crippen LogP contribution in [0.5, 0.6) is 0 Å². The van der Waals surface area contributed by atoms with Gasteiger partial charge in [-0.25, -0.2) is 4.79 Å². The SMILES string of the molecule is COC[C@H]1O[C@@H](n2ccc(NCCC(=O)c3ccc4cc(N(C)C)ccc4c3)nc2=O)C[C@@H]1OC. The largest absolute Gasteiger partial charge is 0.382 e. The summed E-state index contributed by atoms with van der Waals surface area (Å²) in [6.45, 7) is 0.758.